The Bertz CT molecular complexity index is 396. The van der Waals surface area contributed by atoms with Crippen LogP contribution in [0.5, 0.6) is 0 Å². The van der Waals surface area contributed by atoms with Crippen molar-refractivity contribution in [1.29, 1.82) is 0 Å². The van der Waals surface area contributed by atoms with Crippen LogP contribution in [0.25, 0.3) is 0 Å². The summed E-state index contributed by atoms with van der Waals surface area (Å²) in [6.45, 7) is 5.31. The highest BCUT2D eigenvalue weighted by atomic mass is 16.4. The second kappa shape index (κ2) is 6.64. The average Bonchev–Trinajstić information content (AvgIpc) is 3.03. The lowest BCUT2D eigenvalue weighted by atomic mass is 9.82. The van der Waals surface area contributed by atoms with Crippen LogP contribution < -0.4 is 5.73 Å². The summed E-state index contributed by atoms with van der Waals surface area (Å²) in [7, 11) is 1.87. The number of nitrogens with zero attached hydrogens (tertiary/aromatic N) is 3. The van der Waals surface area contributed by atoms with Gasteiger partial charge in [0.25, 0.3) is 0 Å². The molecule has 120 valence electrons. The zero-order valence-electron chi connectivity index (χ0n) is 13.2. The minimum absolute atomic E-state index is 0.0326. The van der Waals surface area contributed by atoms with Gasteiger partial charge in [-0.3, -0.25) is 4.79 Å². The molecule has 0 atom stereocenters. The summed E-state index contributed by atoms with van der Waals surface area (Å²) >= 11 is 0. The molecular weight excluding hydrogens is 268 g/mol. The number of rotatable bonds is 4. The maximum absolute atomic E-state index is 13.0. The second-order valence-electron chi connectivity index (χ2n) is 6.36. The molecule has 1 heterocycles. The molecule has 0 aromatic carbocycles. The van der Waals surface area contributed by atoms with E-state index in [-0.39, 0.29) is 17.8 Å². The third-order valence-corrected chi connectivity index (χ3v) is 5.34. The van der Waals surface area contributed by atoms with E-state index in [2.05, 4.69) is 17.0 Å². The molecule has 0 aromatic rings. The van der Waals surface area contributed by atoms with Crippen molar-refractivity contribution in [2.24, 2.45) is 16.3 Å². The van der Waals surface area contributed by atoms with Gasteiger partial charge in [0.15, 0.2) is 5.84 Å². The maximum Gasteiger partial charge on any atom is 0.236 e. The number of nitrogens with two attached hydrogens (primary N) is 1. The molecule has 0 aromatic heterocycles. The summed E-state index contributed by atoms with van der Waals surface area (Å²) in [5.41, 5.74) is 5.10. The fraction of sp³-hybridized carbons (Fsp3) is 0.867. The van der Waals surface area contributed by atoms with Crippen LogP contribution in [0.2, 0.25) is 0 Å². The minimum Gasteiger partial charge on any atom is -0.409 e. The smallest absolute Gasteiger partial charge is 0.236 e. The van der Waals surface area contributed by atoms with Crippen LogP contribution in [-0.4, -0.2) is 59.5 Å². The van der Waals surface area contributed by atoms with Crippen molar-refractivity contribution in [1.82, 2.24) is 9.80 Å². The van der Waals surface area contributed by atoms with Gasteiger partial charge in [0, 0.05) is 26.2 Å². The Kier molecular flexibility index (Phi) is 5.08. The maximum atomic E-state index is 13.0. The molecule has 2 aliphatic rings. The van der Waals surface area contributed by atoms with Crippen molar-refractivity contribution >= 4 is 11.7 Å². The monoisotopic (exact) mass is 296 g/mol. The summed E-state index contributed by atoms with van der Waals surface area (Å²) < 4.78 is 0. The van der Waals surface area contributed by atoms with Crippen molar-refractivity contribution in [3.05, 3.63) is 0 Å². The van der Waals surface area contributed by atoms with E-state index >= 15 is 0 Å². The van der Waals surface area contributed by atoms with Gasteiger partial charge in [-0.1, -0.05) is 24.9 Å². The third kappa shape index (κ3) is 3.00. The number of piperidine rings is 1. The van der Waals surface area contributed by atoms with Crippen molar-refractivity contribution < 1.29 is 10.0 Å². The van der Waals surface area contributed by atoms with E-state index in [1.165, 1.54) is 0 Å². The molecule has 0 radical (unpaired) electrons. The van der Waals surface area contributed by atoms with Crippen LogP contribution in [0.1, 0.15) is 45.4 Å². The van der Waals surface area contributed by atoms with Crippen molar-refractivity contribution in [2.75, 3.05) is 26.7 Å². The van der Waals surface area contributed by atoms with Gasteiger partial charge in [-0.2, -0.15) is 0 Å². The molecule has 6 heteroatoms. The Morgan fingerprint density at radius 1 is 1.38 bits per heavy atom. The Morgan fingerprint density at radius 3 is 2.43 bits per heavy atom. The molecule has 1 aliphatic heterocycles. The highest BCUT2D eigenvalue weighted by molar-refractivity contribution is 6.07. The summed E-state index contributed by atoms with van der Waals surface area (Å²) in [6.07, 6.45) is 5.32. The van der Waals surface area contributed by atoms with Gasteiger partial charge in [-0.15, -0.1) is 0 Å². The van der Waals surface area contributed by atoms with Gasteiger partial charge in [0.1, 0.15) is 5.41 Å². The second-order valence-corrected chi connectivity index (χ2v) is 6.36. The predicted molar refractivity (Wildman–Crippen MR) is 82.2 cm³/mol. The van der Waals surface area contributed by atoms with E-state index in [1.54, 1.807) is 0 Å². The minimum atomic E-state index is -0.772. The highest BCUT2D eigenvalue weighted by Crippen LogP contribution is 2.40. The number of likely N-dealkylation sites (tertiary alicyclic amines) is 1. The van der Waals surface area contributed by atoms with Crippen LogP contribution in [0.3, 0.4) is 0 Å². The molecule has 21 heavy (non-hydrogen) atoms. The Labute approximate surface area is 127 Å². The number of amidine groups is 1. The lowest BCUT2D eigenvalue weighted by Gasteiger charge is -2.40. The average molecular weight is 296 g/mol. The number of oxime groups is 1. The molecule has 0 spiro atoms. The molecular formula is C15H28N4O2. The third-order valence-electron chi connectivity index (χ3n) is 5.34. The van der Waals surface area contributed by atoms with E-state index in [0.717, 1.165) is 45.3 Å². The number of carbonyl (C=O) groups is 1. The van der Waals surface area contributed by atoms with Crippen LogP contribution in [0.4, 0.5) is 0 Å². The largest absolute Gasteiger partial charge is 0.409 e. The molecule has 0 bridgehead atoms. The van der Waals surface area contributed by atoms with E-state index < -0.39 is 5.41 Å². The molecule has 1 saturated carbocycles. The molecule has 2 rings (SSSR count). The Hall–Kier alpha value is -1.30. The first-order valence-corrected chi connectivity index (χ1v) is 8.02. The molecule has 0 unspecified atom stereocenters. The number of carbonyl (C=O) groups excluding carboxylic acids is 1. The van der Waals surface area contributed by atoms with Crippen molar-refractivity contribution in [3.8, 4) is 0 Å². The number of hydrogen-bond donors (Lipinski definition) is 2. The van der Waals surface area contributed by atoms with Crippen LogP contribution in [0, 0.1) is 5.41 Å². The van der Waals surface area contributed by atoms with Gasteiger partial charge in [-0.25, -0.2) is 0 Å². The van der Waals surface area contributed by atoms with Crippen LogP contribution in [-0.2, 0) is 4.79 Å². The van der Waals surface area contributed by atoms with Crippen LogP contribution in [0.15, 0.2) is 5.16 Å². The van der Waals surface area contributed by atoms with E-state index in [1.807, 2.05) is 11.9 Å². The quantitative estimate of drug-likeness (QED) is 0.354. The first-order valence-electron chi connectivity index (χ1n) is 8.02. The summed E-state index contributed by atoms with van der Waals surface area (Å²) in [6, 6.07) is 0.268. The summed E-state index contributed by atoms with van der Waals surface area (Å²) in [4.78, 5) is 17.2. The van der Waals surface area contributed by atoms with Crippen molar-refractivity contribution in [3.63, 3.8) is 0 Å². The van der Waals surface area contributed by atoms with Gasteiger partial charge < -0.3 is 20.7 Å². The van der Waals surface area contributed by atoms with Crippen molar-refractivity contribution in [2.45, 2.75) is 51.5 Å². The number of hydrogen-bond acceptors (Lipinski definition) is 4. The Balaban J connectivity index is 2.07. The topological polar surface area (TPSA) is 82.2 Å². The molecule has 1 saturated heterocycles. The molecule has 6 nitrogen and oxygen atoms in total. The molecule has 2 fully saturated rings. The normalized spacial score (nSPS) is 24.2. The van der Waals surface area contributed by atoms with Gasteiger partial charge in [0.05, 0.1) is 0 Å². The van der Waals surface area contributed by atoms with Crippen LogP contribution >= 0.6 is 0 Å². The predicted octanol–water partition coefficient (Wildman–Crippen LogP) is 1.24. The van der Waals surface area contributed by atoms with Gasteiger partial charge >= 0.3 is 0 Å². The fourth-order valence-corrected chi connectivity index (χ4v) is 3.78. The lowest BCUT2D eigenvalue weighted by molar-refractivity contribution is -0.140. The molecule has 3 N–H and O–H groups in total. The molecule has 1 aliphatic carbocycles. The fourth-order valence-electron chi connectivity index (χ4n) is 3.78. The lowest BCUT2D eigenvalue weighted by Crippen LogP contribution is -2.53. The Morgan fingerprint density at radius 2 is 1.95 bits per heavy atom. The number of amides is 1. The highest BCUT2D eigenvalue weighted by Gasteiger charge is 2.48. The zero-order valence-corrected chi connectivity index (χ0v) is 13.2. The summed E-state index contributed by atoms with van der Waals surface area (Å²) in [5, 5.41) is 12.2. The van der Waals surface area contributed by atoms with Gasteiger partial charge in [0.2, 0.25) is 5.91 Å². The standard InChI is InChI=1S/C15H28N4O2/c1-3-19-10-6-12(7-11-19)18(2)14(20)15(13(16)17-21)8-4-5-9-15/h12,21H,3-11H2,1-2H3,(H2,16,17). The first-order chi connectivity index (χ1) is 10.0. The SMILES string of the molecule is CCN1CCC(N(C)C(=O)C2(C(N)=NO)CCCC2)CC1. The van der Waals surface area contributed by atoms with E-state index in [0.29, 0.717) is 12.8 Å². The first kappa shape index (κ1) is 16.1. The van der Waals surface area contributed by atoms with E-state index in [4.69, 9.17) is 10.9 Å². The zero-order chi connectivity index (χ0) is 15.5. The van der Waals surface area contributed by atoms with Gasteiger partial charge in [-0.05, 0) is 32.2 Å². The summed E-state index contributed by atoms with van der Waals surface area (Å²) in [5.74, 6) is 0.119. The molecule has 1 amide bonds. The van der Waals surface area contributed by atoms with E-state index in [9.17, 15) is 4.79 Å².